The molecule has 2 N–H and O–H groups in total. The Morgan fingerprint density at radius 2 is 1.60 bits per heavy atom. The van der Waals surface area contributed by atoms with Gasteiger partial charge in [0.1, 0.15) is 40.9 Å². The Morgan fingerprint density at radius 3 is 2.17 bits per heavy atom. The molecule has 2 aromatic carbocycles. The Bertz CT molecular complexity index is 3070. The fourth-order valence-electron chi connectivity index (χ4n) is 7.00. The number of carbonyl (C=O) groups excluding carboxylic acids is 1. The lowest BCUT2D eigenvalue weighted by molar-refractivity contribution is -0.143. The van der Waals surface area contributed by atoms with Crippen molar-refractivity contribution in [3.05, 3.63) is 93.0 Å². The molecule has 1 aliphatic carbocycles. The number of sulfone groups is 1. The van der Waals surface area contributed by atoms with Crippen molar-refractivity contribution in [2.45, 2.75) is 68.8 Å². The number of anilines is 1. The Labute approximate surface area is 368 Å². The lowest BCUT2D eigenvalue weighted by atomic mass is 9.93. The fourth-order valence-corrected chi connectivity index (χ4v) is 7.97. The molecule has 25 heteroatoms. The molecule has 1 aliphatic rings. The monoisotopic (exact) mass is 979 g/mol. The molecule has 0 spiro atoms. The second-order valence-electron chi connectivity index (χ2n) is 15.5. The second kappa shape index (κ2) is 16.9. The van der Waals surface area contributed by atoms with E-state index in [4.69, 9.17) is 18.0 Å². The van der Waals surface area contributed by atoms with Gasteiger partial charge in [0.05, 0.1) is 39.8 Å². The van der Waals surface area contributed by atoms with Crippen molar-refractivity contribution in [1.29, 1.82) is 0 Å². The predicted molar refractivity (Wildman–Crippen MR) is 216 cm³/mol. The van der Waals surface area contributed by atoms with Gasteiger partial charge in [0.25, 0.3) is 0 Å². The van der Waals surface area contributed by atoms with Crippen LogP contribution in [0.15, 0.2) is 42.5 Å². The number of amides is 1. The van der Waals surface area contributed by atoms with Crippen molar-refractivity contribution >= 4 is 54.1 Å². The van der Waals surface area contributed by atoms with Crippen LogP contribution in [0.4, 0.5) is 49.7 Å². The van der Waals surface area contributed by atoms with Gasteiger partial charge in [0.2, 0.25) is 15.9 Å². The van der Waals surface area contributed by atoms with Crippen LogP contribution in [-0.4, -0.2) is 70.7 Å². The van der Waals surface area contributed by atoms with Gasteiger partial charge in [-0.2, -0.15) is 45.3 Å². The highest BCUT2D eigenvalue weighted by molar-refractivity contribution is 7.92. The fraction of sp³-hybridized carbons (Fsp3) is 0.350. The van der Waals surface area contributed by atoms with Gasteiger partial charge < -0.3 is 5.32 Å². The maximum absolute atomic E-state index is 15.5. The molecule has 0 aliphatic heterocycles. The summed E-state index contributed by atoms with van der Waals surface area (Å²) in [5.74, 6) is -3.54. The number of hydrogen-bond donors (Lipinski definition) is 2. The number of fused-ring (bicyclic) bond motifs is 2. The average molecular weight is 980 g/mol. The summed E-state index contributed by atoms with van der Waals surface area (Å²) in [6.45, 7) is -0.671. The van der Waals surface area contributed by atoms with Crippen LogP contribution in [0.25, 0.3) is 22.0 Å². The van der Waals surface area contributed by atoms with Gasteiger partial charge in [-0.25, -0.2) is 30.6 Å². The van der Waals surface area contributed by atoms with Crippen LogP contribution >= 0.6 is 11.6 Å². The number of hydrogen-bond acceptors (Lipinski definition) is 8. The first kappa shape index (κ1) is 48.6. The van der Waals surface area contributed by atoms with Gasteiger partial charge in [0.15, 0.2) is 21.3 Å². The van der Waals surface area contributed by atoms with Crippen molar-refractivity contribution in [2.24, 2.45) is 5.92 Å². The standard InChI is InChI=1S/C40H32ClF10N7O5S2/c1-6-21-16-27-34(40(49,50)51)54-57(35(27)39(21,47)48)18-30(59)53-29(15-20-13-22(42)17-23(43)14-20)32-25(8-7-24(52-32)11-12-37(2,3)64(4,60)61)26-9-10-28(41)31-33(26)58(19-38(44,45)46)55-36(31)56-65(5,62)63/h1,7-10,13-14,17,21,29H,15-16,18-19H2,2-5H3,(H,53,59)(H,55,56)/t21-,29+/m1/s1. The average Bonchev–Trinajstić information content (AvgIpc) is 3.77. The molecule has 65 heavy (non-hydrogen) atoms. The van der Waals surface area contributed by atoms with Crippen LogP contribution < -0.4 is 10.0 Å². The number of alkyl halides is 8. The molecule has 3 heterocycles. The van der Waals surface area contributed by atoms with E-state index in [9.17, 15) is 56.8 Å². The van der Waals surface area contributed by atoms with Crippen LogP contribution in [-0.2, 0) is 62.7 Å². The Morgan fingerprint density at radius 1 is 0.969 bits per heavy atom. The molecule has 346 valence electrons. The molecule has 0 fully saturated rings. The Kier molecular flexibility index (Phi) is 12.6. The summed E-state index contributed by atoms with van der Waals surface area (Å²) in [6.07, 6.45) is -5.10. The molecular formula is C40H32ClF10N7O5S2. The molecule has 3 aromatic heterocycles. The SMILES string of the molecule is C#C[C@@H]1Cc2c(C(F)(F)F)nn(CC(=O)N[C@@H](Cc3cc(F)cc(F)c3)c3nc(C#CC(C)(C)S(C)(=O)=O)ccc3-c3ccc(Cl)c4c(NS(C)(=O)=O)nn(CC(F)(F)F)c34)c2C1(F)F. The zero-order valence-corrected chi connectivity index (χ0v) is 36.2. The molecule has 6 rings (SSSR count). The van der Waals surface area contributed by atoms with Crippen molar-refractivity contribution < 1.29 is 65.5 Å². The van der Waals surface area contributed by atoms with E-state index < -0.39 is 132 Å². The summed E-state index contributed by atoms with van der Waals surface area (Å²) in [5.41, 5.74) is -5.82. The smallest absolute Gasteiger partial charge is 0.346 e. The van der Waals surface area contributed by atoms with Crippen molar-refractivity contribution in [1.82, 2.24) is 29.9 Å². The number of terminal acetylenes is 1. The van der Waals surface area contributed by atoms with E-state index in [0.717, 1.165) is 24.5 Å². The summed E-state index contributed by atoms with van der Waals surface area (Å²) < 4.78 is 195. The Balaban J connectivity index is 1.62. The highest BCUT2D eigenvalue weighted by Crippen LogP contribution is 2.49. The van der Waals surface area contributed by atoms with Crippen LogP contribution in [0.3, 0.4) is 0 Å². The van der Waals surface area contributed by atoms with Gasteiger partial charge in [-0.3, -0.25) is 18.9 Å². The summed E-state index contributed by atoms with van der Waals surface area (Å²) in [7, 11) is -8.09. The quantitative estimate of drug-likeness (QED) is 0.103. The molecule has 5 aromatic rings. The highest BCUT2D eigenvalue weighted by Gasteiger charge is 2.55. The number of carbonyl (C=O) groups is 1. The normalized spacial score (nSPS) is 15.8. The molecule has 12 nitrogen and oxygen atoms in total. The van der Waals surface area contributed by atoms with E-state index in [0.29, 0.717) is 17.0 Å². The summed E-state index contributed by atoms with van der Waals surface area (Å²) in [6, 6.07) is 5.07. The third kappa shape index (κ3) is 10.3. The van der Waals surface area contributed by atoms with Crippen molar-refractivity contribution in [3.63, 3.8) is 0 Å². The minimum absolute atomic E-state index is 0.113. The number of pyridine rings is 1. The molecule has 0 saturated heterocycles. The molecule has 0 radical (unpaired) electrons. The number of rotatable bonds is 11. The van der Waals surface area contributed by atoms with Gasteiger partial charge in [-0.1, -0.05) is 29.5 Å². The van der Waals surface area contributed by atoms with E-state index in [1.54, 1.807) is 5.92 Å². The zero-order chi connectivity index (χ0) is 48.4. The molecular weight excluding hydrogens is 948 g/mol. The highest BCUT2D eigenvalue weighted by atomic mass is 35.5. The number of sulfonamides is 1. The summed E-state index contributed by atoms with van der Waals surface area (Å²) in [5, 5.41) is 8.86. The van der Waals surface area contributed by atoms with E-state index in [1.165, 1.54) is 32.0 Å². The van der Waals surface area contributed by atoms with Gasteiger partial charge in [0, 0.05) is 29.0 Å². The number of nitrogens with one attached hydrogen (secondary N) is 2. The third-order valence-electron chi connectivity index (χ3n) is 10.1. The van der Waals surface area contributed by atoms with E-state index >= 15 is 8.78 Å². The lowest BCUT2D eigenvalue weighted by Gasteiger charge is -2.23. The van der Waals surface area contributed by atoms with Gasteiger partial charge in [-0.15, -0.1) is 6.42 Å². The zero-order valence-electron chi connectivity index (χ0n) is 33.9. The molecule has 2 atom stereocenters. The van der Waals surface area contributed by atoms with E-state index in [1.807, 2.05) is 4.72 Å². The first-order valence-corrected chi connectivity index (χ1v) is 22.7. The minimum Gasteiger partial charge on any atom is -0.346 e. The topological polar surface area (TPSA) is 158 Å². The molecule has 0 saturated carbocycles. The maximum atomic E-state index is 15.5. The lowest BCUT2D eigenvalue weighted by Crippen LogP contribution is -2.35. The molecule has 0 bridgehead atoms. The first-order chi connectivity index (χ1) is 29.8. The Hall–Kier alpha value is -5.85. The number of halogens is 11. The second-order valence-corrected chi connectivity index (χ2v) is 20.2. The van der Waals surface area contributed by atoms with Crippen LogP contribution in [0, 0.1) is 41.7 Å². The van der Waals surface area contributed by atoms with E-state index in [-0.39, 0.29) is 37.5 Å². The first-order valence-electron chi connectivity index (χ1n) is 18.5. The maximum Gasteiger partial charge on any atom is 0.435 e. The summed E-state index contributed by atoms with van der Waals surface area (Å²) in [4.78, 5) is 18.5. The van der Waals surface area contributed by atoms with Gasteiger partial charge >= 0.3 is 18.3 Å². The predicted octanol–water partition coefficient (Wildman–Crippen LogP) is 7.35. The number of aromatic nitrogens is 5. The van der Waals surface area contributed by atoms with Gasteiger partial charge in [-0.05, 0) is 68.5 Å². The van der Waals surface area contributed by atoms with Crippen LogP contribution in [0.2, 0.25) is 5.02 Å². The van der Waals surface area contributed by atoms with Crippen molar-refractivity contribution in [2.75, 3.05) is 17.2 Å². The minimum atomic E-state index is -5.28. The summed E-state index contributed by atoms with van der Waals surface area (Å²) >= 11 is 6.45. The third-order valence-corrected chi connectivity index (χ3v) is 12.9. The van der Waals surface area contributed by atoms with Crippen molar-refractivity contribution in [3.8, 4) is 35.3 Å². The molecule has 0 unspecified atom stereocenters. The number of benzene rings is 2. The van der Waals surface area contributed by atoms with E-state index in [2.05, 4.69) is 32.3 Å². The number of nitrogens with zero attached hydrogens (tertiary/aromatic N) is 5. The van der Waals surface area contributed by atoms with Crippen LogP contribution in [0.5, 0.6) is 0 Å². The van der Waals surface area contributed by atoms with Crippen LogP contribution in [0.1, 0.15) is 53.8 Å². The largest absolute Gasteiger partial charge is 0.435 e. The molecule has 1 amide bonds.